The van der Waals surface area contributed by atoms with Gasteiger partial charge in [0.15, 0.2) is 0 Å². The molecule has 3 heteroatoms. The molecule has 1 amide bonds. The first kappa shape index (κ1) is 9.52. The van der Waals surface area contributed by atoms with E-state index in [1.807, 2.05) is 54.2 Å². The number of aromatic nitrogens is 1. The van der Waals surface area contributed by atoms with Crippen molar-refractivity contribution in [1.29, 1.82) is 0 Å². The Morgan fingerprint density at radius 3 is 2.67 bits per heavy atom. The summed E-state index contributed by atoms with van der Waals surface area (Å²) in [5, 5.41) is 2.64. The monoisotopic (exact) mass is 200 g/mol. The predicted octanol–water partition coefficient (Wildman–Crippen LogP) is 2.35. The number of aryl methyl sites for hydroxylation is 1. The fourth-order valence-corrected chi connectivity index (χ4v) is 1.54. The van der Waals surface area contributed by atoms with E-state index in [1.54, 1.807) is 0 Å². The van der Waals surface area contributed by atoms with Crippen LogP contribution in [0, 0.1) is 6.92 Å². The molecule has 0 aliphatic carbocycles. The van der Waals surface area contributed by atoms with E-state index in [0.29, 0.717) is 6.41 Å². The Morgan fingerprint density at radius 1 is 1.27 bits per heavy atom. The highest BCUT2D eigenvalue weighted by molar-refractivity contribution is 5.72. The summed E-state index contributed by atoms with van der Waals surface area (Å²) in [6, 6.07) is 9.76. The highest BCUT2D eigenvalue weighted by Crippen LogP contribution is 2.18. The third-order valence-electron chi connectivity index (χ3n) is 2.32. The van der Waals surface area contributed by atoms with E-state index in [-0.39, 0.29) is 0 Å². The van der Waals surface area contributed by atoms with Crippen molar-refractivity contribution in [3.8, 4) is 5.69 Å². The molecule has 0 unspecified atom stereocenters. The largest absolute Gasteiger partial charge is 0.329 e. The number of anilines is 1. The summed E-state index contributed by atoms with van der Waals surface area (Å²) in [7, 11) is 0. The third kappa shape index (κ3) is 1.91. The topological polar surface area (TPSA) is 34.0 Å². The molecule has 0 fully saturated rings. The van der Waals surface area contributed by atoms with Gasteiger partial charge in [-0.05, 0) is 36.8 Å². The lowest BCUT2D eigenvalue weighted by atomic mass is 10.2. The van der Waals surface area contributed by atoms with Crippen molar-refractivity contribution in [2.24, 2.45) is 0 Å². The fraction of sp³-hybridized carbons (Fsp3) is 0.0833. The van der Waals surface area contributed by atoms with Gasteiger partial charge in [-0.3, -0.25) is 4.79 Å². The van der Waals surface area contributed by atoms with Crippen molar-refractivity contribution in [3.63, 3.8) is 0 Å². The number of rotatable bonds is 3. The fourth-order valence-electron chi connectivity index (χ4n) is 1.54. The third-order valence-corrected chi connectivity index (χ3v) is 2.32. The molecule has 2 aromatic rings. The van der Waals surface area contributed by atoms with Crippen molar-refractivity contribution in [1.82, 2.24) is 4.57 Å². The molecule has 15 heavy (non-hydrogen) atoms. The maximum Gasteiger partial charge on any atom is 0.211 e. The second-order valence-electron chi connectivity index (χ2n) is 3.35. The molecule has 1 N–H and O–H groups in total. The van der Waals surface area contributed by atoms with E-state index in [1.165, 1.54) is 5.56 Å². The van der Waals surface area contributed by atoms with Crippen molar-refractivity contribution in [2.75, 3.05) is 5.32 Å². The maximum absolute atomic E-state index is 10.3. The van der Waals surface area contributed by atoms with Gasteiger partial charge in [-0.25, -0.2) is 0 Å². The summed E-state index contributed by atoms with van der Waals surface area (Å²) >= 11 is 0. The van der Waals surface area contributed by atoms with Crippen LogP contribution in [0.2, 0.25) is 0 Å². The van der Waals surface area contributed by atoms with E-state index in [9.17, 15) is 4.79 Å². The van der Waals surface area contributed by atoms with Crippen LogP contribution in [0.15, 0.2) is 42.7 Å². The summed E-state index contributed by atoms with van der Waals surface area (Å²) in [5.74, 6) is 0. The van der Waals surface area contributed by atoms with Gasteiger partial charge in [0.05, 0.1) is 0 Å². The van der Waals surface area contributed by atoms with Gasteiger partial charge in [-0.15, -0.1) is 0 Å². The zero-order valence-electron chi connectivity index (χ0n) is 8.47. The zero-order valence-corrected chi connectivity index (χ0v) is 8.47. The second kappa shape index (κ2) is 4.00. The first-order valence-electron chi connectivity index (χ1n) is 4.75. The number of nitrogens with zero attached hydrogens (tertiary/aromatic N) is 1. The predicted molar refractivity (Wildman–Crippen MR) is 60.2 cm³/mol. The van der Waals surface area contributed by atoms with Gasteiger partial charge in [0.2, 0.25) is 6.41 Å². The first-order valence-corrected chi connectivity index (χ1v) is 4.75. The summed E-state index contributed by atoms with van der Waals surface area (Å²) in [4.78, 5) is 10.3. The Balaban J connectivity index is 2.45. The van der Waals surface area contributed by atoms with Crippen LogP contribution in [0.3, 0.4) is 0 Å². The molecule has 1 aromatic carbocycles. The molecule has 2 rings (SSSR count). The summed E-state index contributed by atoms with van der Waals surface area (Å²) in [6.07, 6.45) is 4.64. The smallest absolute Gasteiger partial charge is 0.211 e. The highest BCUT2D eigenvalue weighted by atomic mass is 16.1. The van der Waals surface area contributed by atoms with Crippen LogP contribution in [0.1, 0.15) is 5.56 Å². The van der Waals surface area contributed by atoms with E-state index in [2.05, 4.69) is 5.32 Å². The van der Waals surface area contributed by atoms with E-state index >= 15 is 0 Å². The van der Waals surface area contributed by atoms with Crippen LogP contribution in [-0.2, 0) is 4.79 Å². The number of carbonyl (C=O) groups excluding carboxylic acids is 1. The van der Waals surface area contributed by atoms with Crippen LogP contribution in [0.25, 0.3) is 5.69 Å². The maximum atomic E-state index is 10.3. The Labute approximate surface area is 88.3 Å². The Hall–Kier alpha value is -2.03. The Bertz CT molecular complexity index is 460. The van der Waals surface area contributed by atoms with Gasteiger partial charge >= 0.3 is 0 Å². The molecule has 0 saturated heterocycles. The zero-order chi connectivity index (χ0) is 10.7. The van der Waals surface area contributed by atoms with Gasteiger partial charge in [-0.2, -0.15) is 0 Å². The molecule has 1 heterocycles. The molecule has 76 valence electrons. The number of amides is 1. The lowest BCUT2D eigenvalue weighted by Gasteiger charge is -2.09. The molecule has 0 bridgehead atoms. The van der Waals surface area contributed by atoms with Gasteiger partial charge in [-0.1, -0.05) is 6.07 Å². The number of carbonyl (C=O) groups is 1. The molecule has 0 saturated carbocycles. The minimum absolute atomic E-state index is 0.685. The average Bonchev–Trinajstić information content (AvgIpc) is 2.74. The summed E-state index contributed by atoms with van der Waals surface area (Å²) in [5.41, 5.74) is 3.05. The molecule has 0 aliphatic heterocycles. The van der Waals surface area contributed by atoms with Gasteiger partial charge in [0, 0.05) is 23.8 Å². The van der Waals surface area contributed by atoms with Crippen LogP contribution >= 0.6 is 0 Å². The second-order valence-corrected chi connectivity index (χ2v) is 3.35. The average molecular weight is 200 g/mol. The van der Waals surface area contributed by atoms with E-state index < -0.39 is 0 Å². The van der Waals surface area contributed by atoms with Crippen LogP contribution in [-0.4, -0.2) is 11.0 Å². The quantitative estimate of drug-likeness (QED) is 0.758. The SMILES string of the molecule is Cc1ccc(NC=O)cc1-n1cccc1. The normalized spacial score (nSPS) is 9.93. The minimum atomic E-state index is 0.685. The van der Waals surface area contributed by atoms with Gasteiger partial charge < -0.3 is 9.88 Å². The molecule has 0 spiro atoms. The van der Waals surface area contributed by atoms with Crippen molar-refractivity contribution < 1.29 is 4.79 Å². The molecular weight excluding hydrogens is 188 g/mol. The van der Waals surface area contributed by atoms with Gasteiger partial charge in [0.25, 0.3) is 0 Å². The molecule has 3 nitrogen and oxygen atoms in total. The van der Waals surface area contributed by atoms with Crippen LogP contribution < -0.4 is 5.32 Å². The van der Waals surface area contributed by atoms with Crippen LogP contribution in [0.4, 0.5) is 5.69 Å². The minimum Gasteiger partial charge on any atom is -0.329 e. The van der Waals surface area contributed by atoms with Crippen molar-refractivity contribution >= 4 is 12.1 Å². The number of hydrogen-bond donors (Lipinski definition) is 1. The molecule has 0 atom stereocenters. The number of nitrogens with one attached hydrogen (secondary N) is 1. The summed E-state index contributed by atoms with van der Waals surface area (Å²) in [6.45, 7) is 2.04. The van der Waals surface area contributed by atoms with E-state index in [0.717, 1.165) is 11.4 Å². The van der Waals surface area contributed by atoms with E-state index in [4.69, 9.17) is 0 Å². The Morgan fingerprint density at radius 2 is 2.00 bits per heavy atom. The first-order chi connectivity index (χ1) is 7.31. The highest BCUT2D eigenvalue weighted by Gasteiger charge is 2.01. The van der Waals surface area contributed by atoms with Crippen molar-refractivity contribution in [2.45, 2.75) is 6.92 Å². The molecule has 0 aliphatic rings. The Kier molecular flexibility index (Phi) is 2.54. The lowest BCUT2D eigenvalue weighted by molar-refractivity contribution is -0.105. The standard InChI is InChI=1S/C12H12N2O/c1-10-4-5-11(13-9-15)8-12(10)14-6-2-3-7-14/h2-9H,1H3,(H,13,15). The van der Waals surface area contributed by atoms with Gasteiger partial charge in [0.1, 0.15) is 0 Å². The number of benzene rings is 1. The summed E-state index contributed by atoms with van der Waals surface area (Å²) < 4.78 is 2.02. The van der Waals surface area contributed by atoms with Crippen LogP contribution in [0.5, 0.6) is 0 Å². The van der Waals surface area contributed by atoms with Crippen molar-refractivity contribution in [3.05, 3.63) is 48.3 Å². The molecule has 0 radical (unpaired) electrons. The molecule has 1 aromatic heterocycles. The lowest BCUT2D eigenvalue weighted by Crippen LogP contribution is -1.98. The molecular formula is C12H12N2O. The number of hydrogen-bond acceptors (Lipinski definition) is 1.